The van der Waals surface area contributed by atoms with Crippen LogP contribution in [0.5, 0.6) is 0 Å². The monoisotopic (exact) mass is 290 g/mol. The molecule has 0 heterocycles. The van der Waals surface area contributed by atoms with E-state index in [-0.39, 0.29) is 16.9 Å². The van der Waals surface area contributed by atoms with Crippen molar-refractivity contribution in [2.45, 2.75) is 6.92 Å². The lowest BCUT2D eigenvalue weighted by Gasteiger charge is -2.07. The first kappa shape index (κ1) is 14.0. The third-order valence-corrected chi connectivity index (χ3v) is 3.05. The van der Waals surface area contributed by atoms with Gasteiger partial charge in [-0.1, -0.05) is 29.8 Å². The Labute approximate surface area is 120 Å². The Kier molecular flexibility index (Phi) is 4.00. The first-order chi connectivity index (χ1) is 9.49. The average molecular weight is 291 g/mol. The van der Waals surface area contributed by atoms with Gasteiger partial charge in [-0.3, -0.25) is 14.9 Å². The number of aryl methyl sites for hydroxylation is 1. The Morgan fingerprint density at radius 3 is 2.60 bits per heavy atom. The fourth-order valence-corrected chi connectivity index (χ4v) is 1.95. The van der Waals surface area contributed by atoms with Gasteiger partial charge in [0.2, 0.25) is 0 Å². The highest BCUT2D eigenvalue weighted by atomic mass is 35.5. The smallest absolute Gasteiger partial charge is 0.293 e. The number of rotatable bonds is 3. The minimum absolute atomic E-state index is 0.144. The molecule has 2 aromatic rings. The van der Waals surface area contributed by atoms with Crippen LogP contribution < -0.4 is 5.32 Å². The molecule has 0 saturated carbocycles. The summed E-state index contributed by atoms with van der Waals surface area (Å²) in [5.41, 5.74) is 1.01. The summed E-state index contributed by atoms with van der Waals surface area (Å²) >= 11 is 5.92. The lowest BCUT2D eigenvalue weighted by atomic mass is 10.1. The highest BCUT2D eigenvalue weighted by Crippen LogP contribution is 2.26. The number of halogens is 1. The normalized spacial score (nSPS) is 10.1. The van der Waals surface area contributed by atoms with E-state index in [9.17, 15) is 14.9 Å². The number of nitrogens with zero attached hydrogens (tertiary/aromatic N) is 1. The number of carbonyl (C=O) groups is 1. The zero-order chi connectivity index (χ0) is 14.7. The zero-order valence-corrected chi connectivity index (χ0v) is 11.3. The number of hydrogen-bond donors (Lipinski definition) is 1. The molecule has 2 aromatic carbocycles. The summed E-state index contributed by atoms with van der Waals surface area (Å²) in [7, 11) is 0. The van der Waals surface area contributed by atoms with Crippen molar-refractivity contribution in [1.82, 2.24) is 0 Å². The molecule has 6 heteroatoms. The molecule has 0 unspecified atom stereocenters. The predicted molar refractivity (Wildman–Crippen MR) is 77.2 cm³/mol. The first-order valence-electron chi connectivity index (χ1n) is 5.80. The molecular formula is C14H11ClN2O3. The van der Waals surface area contributed by atoms with Crippen LogP contribution in [0.4, 0.5) is 11.4 Å². The molecule has 102 valence electrons. The minimum Gasteiger partial charge on any atom is -0.316 e. The van der Waals surface area contributed by atoms with Crippen molar-refractivity contribution in [1.29, 1.82) is 0 Å². The van der Waals surface area contributed by atoms with Crippen molar-refractivity contribution >= 4 is 28.9 Å². The maximum absolute atomic E-state index is 12.1. The summed E-state index contributed by atoms with van der Waals surface area (Å²) in [6, 6.07) is 11.1. The standard InChI is InChI=1S/C14H11ClN2O3/c1-9-6-7-12(13(8-9)17(19)20)16-14(18)10-4-2-3-5-11(10)15/h2-8H,1H3,(H,16,18). The van der Waals surface area contributed by atoms with E-state index < -0.39 is 10.8 Å². The third kappa shape index (κ3) is 2.95. The number of nitrogens with one attached hydrogen (secondary N) is 1. The van der Waals surface area contributed by atoms with Crippen LogP contribution in [0.25, 0.3) is 0 Å². The highest BCUT2D eigenvalue weighted by molar-refractivity contribution is 6.34. The molecule has 0 radical (unpaired) electrons. The summed E-state index contributed by atoms with van der Waals surface area (Å²) in [5, 5.41) is 13.8. The first-order valence-corrected chi connectivity index (χ1v) is 6.18. The number of benzene rings is 2. The second-order valence-corrected chi connectivity index (χ2v) is 4.62. The van der Waals surface area contributed by atoms with Gasteiger partial charge in [0, 0.05) is 6.07 Å². The van der Waals surface area contributed by atoms with Crippen molar-refractivity contribution in [3.05, 3.63) is 68.7 Å². The predicted octanol–water partition coefficient (Wildman–Crippen LogP) is 3.81. The Balaban J connectivity index is 2.33. The van der Waals surface area contributed by atoms with Gasteiger partial charge in [0.05, 0.1) is 15.5 Å². The molecule has 2 rings (SSSR count). The summed E-state index contributed by atoms with van der Waals surface area (Å²) in [6.45, 7) is 1.74. The van der Waals surface area contributed by atoms with Crippen molar-refractivity contribution in [3.63, 3.8) is 0 Å². The van der Waals surface area contributed by atoms with E-state index in [1.54, 1.807) is 37.3 Å². The van der Waals surface area contributed by atoms with Crippen molar-refractivity contribution in [2.24, 2.45) is 0 Å². The van der Waals surface area contributed by atoms with Gasteiger partial charge in [0.1, 0.15) is 5.69 Å². The topological polar surface area (TPSA) is 72.2 Å². The second-order valence-electron chi connectivity index (χ2n) is 4.21. The molecule has 1 N–H and O–H groups in total. The van der Waals surface area contributed by atoms with E-state index in [1.807, 2.05) is 0 Å². The number of hydrogen-bond acceptors (Lipinski definition) is 3. The molecule has 0 fully saturated rings. The summed E-state index contributed by atoms with van der Waals surface area (Å²) < 4.78 is 0. The molecule has 0 aliphatic carbocycles. The van der Waals surface area contributed by atoms with Crippen molar-refractivity contribution in [2.75, 3.05) is 5.32 Å². The van der Waals surface area contributed by atoms with E-state index >= 15 is 0 Å². The number of nitro groups is 1. The van der Waals surface area contributed by atoms with Crippen LogP contribution in [0.15, 0.2) is 42.5 Å². The summed E-state index contributed by atoms with van der Waals surface area (Å²) in [5.74, 6) is -0.484. The van der Waals surface area contributed by atoms with Gasteiger partial charge in [0.25, 0.3) is 11.6 Å². The number of nitro benzene ring substituents is 1. The molecule has 0 aliphatic heterocycles. The van der Waals surface area contributed by atoms with E-state index in [0.717, 1.165) is 5.56 Å². The molecule has 20 heavy (non-hydrogen) atoms. The Bertz CT molecular complexity index is 686. The van der Waals surface area contributed by atoms with E-state index in [2.05, 4.69) is 5.32 Å². The quantitative estimate of drug-likeness (QED) is 0.690. The fraction of sp³-hybridized carbons (Fsp3) is 0.0714. The SMILES string of the molecule is Cc1ccc(NC(=O)c2ccccc2Cl)c([N+](=O)[O-])c1. The number of carbonyl (C=O) groups excluding carboxylic acids is 1. The van der Waals surface area contributed by atoms with Gasteiger partial charge >= 0.3 is 0 Å². The summed E-state index contributed by atoms with van der Waals surface area (Å²) in [6.07, 6.45) is 0. The Morgan fingerprint density at radius 1 is 1.25 bits per heavy atom. The van der Waals surface area contributed by atoms with E-state index in [1.165, 1.54) is 12.1 Å². The molecule has 0 aliphatic rings. The van der Waals surface area contributed by atoms with Crippen LogP contribution in [0, 0.1) is 17.0 Å². The van der Waals surface area contributed by atoms with Crippen LogP contribution in [0.1, 0.15) is 15.9 Å². The fourth-order valence-electron chi connectivity index (χ4n) is 1.73. The van der Waals surface area contributed by atoms with Crippen LogP contribution in [0.2, 0.25) is 5.02 Å². The van der Waals surface area contributed by atoms with Gasteiger partial charge in [-0.15, -0.1) is 0 Å². The van der Waals surface area contributed by atoms with Gasteiger partial charge in [-0.2, -0.15) is 0 Å². The van der Waals surface area contributed by atoms with Crippen LogP contribution >= 0.6 is 11.6 Å². The summed E-state index contributed by atoms with van der Waals surface area (Å²) in [4.78, 5) is 22.5. The molecule has 0 atom stereocenters. The molecule has 5 nitrogen and oxygen atoms in total. The average Bonchev–Trinajstić information content (AvgIpc) is 2.41. The highest BCUT2D eigenvalue weighted by Gasteiger charge is 2.17. The molecule has 0 aromatic heterocycles. The largest absolute Gasteiger partial charge is 0.316 e. The number of amides is 1. The third-order valence-electron chi connectivity index (χ3n) is 2.72. The minimum atomic E-state index is -0.533. The molecule has 0 saturated heterocycles. The maximum atomic E-state index is 12.1. The molecule has 1 amide bonds. The Morgan fingerprint density at radius 2 is 1.95 bits per heavy atom. The maximum Gasteiger partial charge on any atom is 0.293 e. The van der Waals surface area contributed by atoms with Crippen molar-refractivity contribution in [3.8, 4) is 0 Å². The van der Waals surface area contributed by atoms with Gasteiger partial charge in [-0.05, 0) is 30.7 Å². The molecule has 0 spiro atoms. The zero-order valence-electron chi connectivity index (χ0n) is 10.6. The van der Waals surface area contributed by atoms with Gasteiger partial charge in [0.15, 0.2) is 0 Å². The molecular weight excluding hydrogens is 280 g/mol. The van der Waals surface area contributed by atoms with Crippen LogP contribution in [0.3, 0.4) is 0 Å². The Hall–Kier alpha value is -2.40. The van der Waals surface area contributed by atoms with Crippen molar-refractivity contribution < 1.29 is 9.72 Å². The second kappa shape index (κ2) is 5.71. The van der Waals surface area contributed by atoms with Gasteiger partial charge in [-0.25, -0.2) is 0 Å². The van der Waals surface area contributed by atoms with E-state index in [4.69, 9.17) is 11.6 Å². The molecule has 0 bridgehead atoms. The van der Waals surface area contributed by atoms with Crippen LogP contribution in [-0.2, 0) is 0 Å². The number of anilines is 1. The lowest BCUT2D eigenvalue weighted by Crippen LogP contribution is -2.13. The lowest BCUT2D eigenvalue weighted by molar-refractivity contribution is -0.384. The van der Waals surface area contributed by atoms with Gasteiger partial charge < -0.3 is 5.32 Å². The van der Waals surface area contributed by atoms with Crippen LogP contribution in [-0.4, -0.2) is 10.8 Å². The van der Waals surface area contributed by atoms with E-state index in [0.29, 0.717) is 5.02 Å².